The van der Waals surface area contributed by atoms with Crippen molar-refractivity contribution >= 4 is 6.09 Å². The summed E-state index contributed by atoms with van der Waals surface area (Å²) in [6, 6.07) is 7.51. The van der Waals surface area contributed by atoms with Crippen LogP contribution in [0.3, 0.4) is 0 Å². The number of alkyl carbamates (subject to hydrolysis) is 1. The number of amides is 1. The van der Waals surface area contributed by atoms with Gasteiger partial charge in [0.2, 0.25) is 0 Å². The smallest absolute Gasteiger partial charge is 0.407 e. The monoisotopic (exact) mass is 350 g/mol. The van der Waals surface area contributed by atoms with Gasteiger partial charge in [0, 0.05) is 18.1 Å². The first-order valence-corrected chi connectivity index (χ1v) is 9.28. The number of unbranched alkanes of at least 4 members (excludes halogenated alkanes) is 1. The van der Waals surface area contributed by atoms with E-state index in [4.69, 9.17) is 4.74 Å². The van der Waals surface area contributed by atoms with Crippen LogP contribution in [0.15, 0.2) is 24.3 Å². The highest BCUT2D eigenvalue weighted by molar-refractivity contribution is 5.68. The van der Waals surface area contributed by atoms with Gasteiger partial charge in [0.15, 0.2) is 0 Å². The van der Waals surface area contributed by atoms with Crippen LogP contribution in [0.4, 0.5) is 9.18 Å². The van der Waals surface area contributed by atoms with Crippen LogP contribution in [0.1, 0.15) is 71.4 Å². The third kappa shape index (κ3) is 6.65. The summed E-state index contributed by atoms with van der Waals surface area (Å²) in [4.78, 5) is 11.8. The van der Waals surface area contributed by atoms with Gasteiger partial charge in [-0.25, -0.2) is 9.18 Å². The Morgan fingerprint density at radius 2 is 1.88 bits per heavy atom. The fourth-order valence-corrected chi connectivity index (χ4v) is 3.08. The molecule has 5 heteroatoms. The van der Waals surface area contributed by atoms with E-state index in [0.717, 1.165) is 37.7 Å². The molecule has 0 saturated heterocycles. The lowest BCUT2D eigenvalue weighted by molar-refractivity contribution is 0.0462. The summed E-state index contributed by atoms with van der Waals surface area (Å²) in [5, 5.41) is 6.58. The summed E-state index contributed by atoms with van der Waals surface area (Å²) < 4.78 is 18.4. The third-order valence-corrected chi connectivity index (χ3v) is 4.41. The molecular formula is C20H31FN2O2. The van der Waals surface area contributed by atoms with Crippen LogP contribution in [0.25, 0.3) is 0 Å². The number of halogens is 1. The molecule has 0 bridgehead atoms. The molecule has 2 rings (SSSR count). The van der Waals surface area contributed by atoms with Crippen molar-refractivity contribution in [2.75, 3.05) is 0 Å². The maximum Gasteiger partial charge on any atom is 0.407 e. The number of hydrogen-bond acceptors (Lipinski definition) is 3. The molecule has 0 spiro atoms. The van der Waals surface area contributed by atoms with Gasteiger partial charge in [0.25, 0.3) is 0 Å². The summed E-state index contributed by atoms with van der Waals surface area (Å²) >= 11 is 0. The maximum atomic E-state index is 13.2. The van der Waals surface area contributed by atoms with Gasteiger partial charge in [-0.2, -0.15) is 0 Å². The molecule has 1 aliphatic carbocycles. The molecule has 25 heavy (non-hydrogen) atoms. The first-order chi connectivity index (χ1) is 11.8. The minimum absolute atomic E-state index is 0.160. The van der Waals surface area contributed by atoms with Gasteiger partial charge in [-0.15, -0.1) is 0 Å². The standard InChI is InChI=1S/C20H31FN2O2/c1-5-6-7-18(14-8-10-15(21)11-9-14)22-16-12-17(13-16)23-19(24)25-20(2,3)4/h8-11,16-18,22H,5-7,12-13H2,1-4H3,(H,23,24). The van der Waals surface area contributed by atoms with Crippen molar-refractivity contribution < 1.29 is 13.9 Å². The van der Waals surface area contributed by atoms with Gasteiger partial charge in [-0.1, -0.05) is 31.9 Å². The van der Waals surface area contributed by atoms with E-state index >= 15 is 0 Å². The zero-order valence-electron chi connectivity index (χ0n) is 15.8. The van der Waals surface area contributed by atoms with Gasteiger partial charge in [-0.3, -0.25) is 0 Å². The lowest BCUT2D eigenvalue weighted by Gasteiger charge is -2.39. The molecule has 0 aliphatic heterocycles. The van der Waals surface area contributed by atoms with E-state index in [-0.39, 0.29) is 24.0 Å². The average Bonchev–Trinajstić information content (AvgIpc) is 2.47. The number of carbonyl (C=O) groups excluding carboxylic acids is 1. The van der Waals surface area contributed by atoms with Gasteiger partial charge in [0.1, 0.15) is 11.4 Å². The number of benzene rings is 1. The van der Waals surface area contributed by atoms with Crippen molar-refractivity contribution in [3.63, 3.8) is 0 Å². The summed E-state index contributed by atoms with van der Waals surface area (Å²) in [6.45, 7) is 7.75. The molecule has 1 aliphatic rings. The average molecular weight is 350 g/mol. The van der Waals surface area contributed by atoms with E-state index in [9.17, 15) is 9.18 Å². The van der Waals surface area contributed by atoms with Crippen molar-refractivity contribution in [2.45, 2.75) is 83.5 Å². The van der Waals surface area contributed by atoms with E-state index < -0.39 is 5.60 Å². The lowest BCUT2D eigenvalue weighted by Crippen LogP contribution is -2.53. The summed E-state index contributed by atoms with van der Waals surface area (Å²) in [5.41, 5.74) is 0.651. The summed E-state index contributed by atoms with van der Waals surface area (Å²) in [7, 11) is 0. The Kier molecular flexibility index (Phi) is 6.82. The molecule has 140 valence electrons. The molecule has 1 atom stereocenters. The largest absolute Gasteiger partial charge is 0.444 e. The van der Waals surface area contributed by atoms with Crippen LogP contribution in [0, 0.1) is 5.82 Å². The molecule has 1 aromatic rings. The Morgan fingerprint density at radius 3 is 2.44 bits per heavy atom. The van der Waals surface area contributed by atoms with Crippen molar-refractivity contribution in [1.82, 2.24) is 10.6 Å². The SMILES string of the molecule is CCCCC(NC1CC(NC(=O)OC(C)(C)C)C1)c1ccc(F)cc1. The van der Waals surface area contributed by atoms with Crippen molar-refractivity contribution in [3.8, 4) is 0 Å². The number of hydrogen-bond donors (Lipinski definition) is 2. The van der Waals surface area contributed by atoms with Crippen molar-refractivity contribution in [2.24, 2.45) is 0 Å². The van der Waals surface area contributed by atoms with Gasteiger partial charge < -0.3 is 15.4 Å². The highest BCUT2D eigenvalue weighted by Crippen LogP contribution is 2.27. The maximum absolute atomic E-state index is 13.2. The third-order valence-electron chi connectivity index (χ3n) is 4.41. The zero-order valence-corrected chi connectivity index (χ0v) is 15.8. The Hall–Kier alpha value is -1.62. The highest BCUT2D eigenvalue weighted by Gasteiger charge is 2.33. The molecule has 1 amide bonds. The number of rotatable bonds is 7. The molecule has 1 saturated carbocycles. The van der Waals surface area contributed by atoms with E-state index in [0.29, 0.717) is 6.04 Å². The normalized spacial score (nSPS) is 21.3. The Bertz CT molecular complexity index is 548. The highest BCUT2D eigenvalue weighted by atomic mass is 19.1. The second-order valence-electron chi connectivity index (χ2n) is 7.92. The van der Waals surface area contributed by atoms with Crippen molar-refractivity contribution in [3.05, 3.63) is 35.6 Å². The fraction of sp³-hybridized carbons (Fsp3) is 0.650. The molecular weight excluding hydrogens is 319 g/mol. The van der Waals surface area contributed by atoms with Gasteiger partial charge in [-0.05, 0) is 57.7 Å². The summed E-state index contributed by atoms with van der Waals surface area (Å²) in [5.74, 6) is -0.205. The lowest BCUT2D eigenvalue weighted by atomic mass is 9.85. The van der Waals surface area contributed by atoms with Crippen LogP contribution in [0.5, 0.6) is 0 Å². The Labute approximate surface area is 150 Å². The van der Waals surface area contributed by atoms with Crippen LogP contribution in [0.2, 0.25) is 0 Å². The number of ether oxygens (including phenoxy) is 1. The molecule has 1 fully saturated rings. The summed E-state index contributed by atoms with van der Waals surface area (Å²) in [6.07, 6.45) is 4.72. The topological polar surface area (TPSA) is 50.4 Å². The number of carbonyl (C=O) groups is 1. The number of nitrogens with one attached hydrogen (secondary N) is 2. The van der Waals surface area contributed by atoms with E-state index in [1.807, 2.05) is 32.9 Å². The van der Waals surface area contributed by atoms with E-state index in [2.05, 4.69) is 17.6 Å². The van der Waals surface area contributed by atoms with Crippen LogP contribution < -0.4 is 10.6 Å². The second-order valence-corrected chi connectivity index (χ2v) is 7.92. The molecule has 0 radical (unpaired) electrons. The molecule has 1 aromatic carbocycles. The van der Waals surface area contributed by atoms with Gasteiger partial charge >= 0.3 is 6.09 Å². The molecule has 0 aromatic heterocycles. The Morgan fingerprint density at radius 1 is 1.24 bits per heavy atom. The molecule has 1 unspecified atom stereocenters. The molecule has 2 N–H and O–H groups in total. The quantitative estimate of drug-likeness (QED) is 0.749. The Balaban J connectivity index is 1.81. The minimum atomic E-state index is -0.473. The molecule has 4 nitrogen and oxygen atoms in total. The fourth-order valence-electron chi connectivity index (χ4n) is 3.08. The van der Waals surface area contributed by atoms with Crippen LogP contribution in [-0.4, -0.2) is 23.8 Å². The van der Waals surface area contributed by atoms with Crippen molar-refractivity contribution in [1.29, 1.82) is 0 Å². The first kappa shape index (κ1) is 19.7. The van der Waals surface area contributed by atoms with E-state index in [1.165, 1.54) is 12.1 Å². The predicted octanol–water partition coefficient (Wildman–Crippen LogP) is 4.70. The predicted molar refractivity (Wildman–Crippen MR) is 98.0 cm³/mol. The molecule has 0 heterocycles. The van der Waals surface area contributed by atoms with E-state index in [1.54, 1.807) is 0 Å². The first-order valence-electron chi connectivity index (χ1n) is 9.28. The van der Waals surface area contributed by atoms with Crippen LogP contribution in [-0.2, 0) is 4.74 Å². The second kappa shape index (κ2) is 8.65. The van der Waals surface area contributed by atoms with Crippen LogP contribution >= 0.6 is 0 Å². The van der Waals surface area contributed by atoms with Gasteiger partial charge in [0.05, 0.1) is 0 Å². The zero-order chi connectivity index (χ0) is 18.4. The minimum Gasteiger partial charge on any atom is -0.444 e.